The molecule has 0 aliphatic rings. The number of amides is 1. The third-order valence-corrected chi connectivity index (χ3v) is 3.85. The van der Waals surface area contributed by atoms with E-state index < -0.39 is 5.82 Å². The number of carbonyl (C=O) groups is 1. The van der Waals surface area contributed by atoms with E-state index in [2.05, 4.69) is 0 Å². The molecule has 0 bridgehead atoms. The van der Waals surface area contributed by atoms with Gasteiger partial charge >= 0.3 is 0 Å². The van der Waals surface area contributed by atoms with Gasteiger partial charge in [-0.15, -0.1) is 0 Å². The van der Waals surface area contributed by atoms with Crippen molar-refractivity contribution in [2.45, 2.75) is 26.3 Å². The van der Waals surface area contributed by atoms with Crippen molar-refractivity contribution in [3.8, 4) is 11.5 Å². The van der Waals surface area contributed by atoms with Gasteiger partial charge in [0.2, 0.25) is 5.91 Å². The van der Waals surface area contributed by atoms with Crippen molar-refractivity contribution < 1.29 is 18.7 Å². The summed E-state index contributed by atoms with van der Waals surface area (Å²) in [7, 11) is 3.14. The molecule has 0 unspecified atom stereocenters. The highest BCUT2D eigenvalue weighted by Crippen LogP contribution is 2.18. The Morgan fingerprint density at radius 2 is 2.00 bits per heavy atom. The molecule has 2 rings (SSSR count). The lowest BCUT2D eigenvalue weighted by molar-refractivity contribution is -0.130. The van der Waals surface area contributed by atoms with E-state index in [4.69, 9.17) is 9.47 Å². The van der Waals surface area contributed by atoms with Crippen LogP contribution in [-0.4, -0.2) is 31.6 Å². The second kappa shape index (κ2) is 9.06. The summed E-state index contributed by atoms with van der Waals surface area (Å²) in [6.07, 6.45) is 1.02. The van der Waals surface area contributed by atoms with Crippen LogP contribution in [0, 0.1) is 12.7 Å². The Balaban J connectivity index is 1.75. The molecule has 2 aromatic rings. The second-order valence-corrected chi connectivity index (χ2v) is 5.99. The molecular weight excluding hydrogens is 321 g/mol. The smallest absolute Gasteiger partial charge is 0.222 e. The highest BCUT2D eigenvalue weighted by atomic mass is 19.1. The molecule has 0 aromatic heterocycles. The van der Waals surface area contributed by atoms with Crippen molar-refractivity contribution in [3.63, 3.8) is 0 Å². The Bertz CT molecular complexity index is 718. The van der Waals surface area contributed by atoms with Crippen LogP contribution in [-0.2, 0) is 11.3 Å². The Morgan fingerprint density at radius 1 is 1.20 bits per heavy atom. The number of aryl methyl sites for hydroxylation is 1. The molecule has 0 fully saturated rings. The molecule has 0 radical (unpaired) electrons. The minimum absolute atomic E-state index is 0.00377. The van der Waals surface area contributed by atoms with Gasteiger partial charge in [-0.3, -0.25) is 4.79 Å². The lowest BCUT2D eigenvalue weighted by Crippen LogP contribution is -2.26. The number of benzene rings is 2. The number of nitrogens with zero attached hydrogens (tertiary/aromatic N) is 1. The molecule has 0 saturated carbocycles. The topological polar surface area (TPSA) is 38.8 Å². The number of ether oxygens (including phenoxy) is 2. The van der Waals surface area contributed by atoms with E-state index >= 15 is 0 Å². The quantitative estimate of drug-likeness (QED) is 0.680. The number of hydrogen-bond acceptors (Lipinski definition) is 3. The van der Waals surface area contributed by atoms with Crippen LogP contribution in [0.4, 0.5) is 4.39 Å². The van der Waals surface area contributed by atoms with Crippen molar-refractivity contribution in [1.29, 1.82) is 0 Å². The number of halogens is 1. The van der Waals surface area contributed by atoms with Gasteiger partial charge in [0.15, 0.2) is 11.6 Å². The van der Waals surface area contributed by atoms with Crippen molar-refractivity contribution in [2.75, 3.05) is 20.8 Å². The minimum Gasteiger partial charge on any atom is -0.494 e. The zero-order valence-electron chi connectivity index (χ0n) is 14.9. The first-order valence-electron chi connectivity index (χ1n) is 8.25. The van der Waals surface area contributed by atoms with Crippen LogP contribution >= 0.6 is 0 Å². The van der Waals surface area contributed by atoms with Crippen LogP contribution in [0.15, 0.2) is 42.5 Å². The van der Waals surface area contributed by atoms with E-state index in [9.17, 15) is 9.18 Å². The Kier molecular flexibility index (Phi) is 6.81. The molecule has 4 nitrogen and oxygen atoms in total. The highest BCUT2D eigenvalue weighted by molar-refractivity contribution is 5.75. The fraction of sp³-hybridized carbons (Fsp3) is 0.350. The number of hydrogen-bond donors (Lipinski definition) is 0. The SMILES string of the molecule is COc1ccc(CN(C)C(=O)CCCOc2cccc(C)c2)cc1F. The molecule has 0 N–H and O–H groups in total. The predicted octanol–water partition coefficient (Wildman–Crippen LogP) is 3.96. The monoisotopic (exact) mass is 345 g/mol. The molecule has 1 amide bonds. The zero-order chi connectivity index (χ0) is 18.2. The second-order valence-electron chi connectivity index (χ2n) is 5.99. The average Bonchev–Trinajstić information content (AvgIpc) is 2.58. The van der Waals surface area contributed by atoms with Gasteiger partial charge in [0, 0.05) is 20.0 Å². The maximum absolute atomic E-state index is 13.7. The van der Waals surface area contributed by atoms with Crippen molar-refractivity contribution in [2.24, 2.45) is 0 Å². The van der Waals surface area contributed by atoms with E-state index in [-0.39, 0.29) is 11.7 Å². The number of rotatable bonds is 8. The van der Waals surface area contributed by atoms with E-state index in [1.165, 1.54) is 13.2 Å². The molecule has 0 heterocycles. The highest BCUT2D eigenvalue weighted by Gasteiger charge is 2.11. The largest absolute Gasteiger partial charge is 0.494 e. The van der Waals surface area contributed by atoms with E-state index in [0.29, 0.717) is 26.0 Å². The maximum atomic E-state index is 13.7. The van der Waals surface area contributed by atoms with Crippen molar-refractivity contribution in [1.82, 2.24) is 4.90 Å². The van der Waals surface area contributed by atoms with Gasteiger partial charge in [-0.2, -0.15) is 0 Å². The average molecular weight is 345 g/mol. The summed E-state index contributed by atoms with van der Waals surface area (Å²) >= 11 is 0. The molecule has 134 valence electrons. The first-order chi connectivity index (χ1) is 12.0. The summed E-state index contributed by atoms with van der Waals surface area (Å²) in [5, 5.41) is 0. The van der Waals surface area contributed by atoms with E-state index in [0.717, 1.165) is 16.9 Å². The number of methoxy groups -OCH3 is 1. The third kappa shape index (κ3) is 5.78. The predicted molar refractivity (Wildman–Crippen MR) is 95.3 cm³/mol. The van der Waals surface area contributed by atoms with Crippen LogP contribution in [0.25, 0.3) is 0 Å². The summed E-state index contributed by atoms with van der Waals surface area (Å²) in [6.45, 7) is 2.85. The van der Waals surface area contributed by atoms with Crippen LogP contribution in [0.3, 0.4) is 0 Å². The summed E-state index contributed by atoms with van der Waals surface area (Å²) in [6, 6.07) is 12.5. The molecular formula is C20H24FNO3. The molecule has 2 aromatic carbocycles. The van der Waals surface area contributed by atoms with Gasteiger partial charge < -0.3 is 14.4 Å². The summed E-state index contributed by atoms with van der Waals surface area (Å²) in [5.41, 5.74) is 1.87. The lowest BCUT2D eigenvalue weighted by atomic mass is 10.2. The lowest BCUT2D eigenvalue weighted by Gasteiger charge is -2.18. The minimum atomic E-state index is -0.424. The van der Waals surface area contributed by atoms with Gasteiger partial charge in [0.1, 0.15) is 5.75 Å². The fourth-order valence-corrected chi connectivity index (χ4v) is 2.48. The van der Waals surface area contributed by atoms with Gasteiger partial charge in [0.25, 0.3) is 0 Å². The fourth-order valence-electron chi connectivity index (χ4n) is 2.48. The molecule has 0 spiro atoms. The van der Waals surface area contributed by atoms with Gasteiger partial charge in [-0.25, -0.2) is 4.39 Å². The first kappa shape index (κ1) is 18.8. The van der Waals surface area contributed by atoms with Gasteiger partial charge in [-0.05, 0) is 48.7 Å². The maximum Gasteiger partial charge on any atom is 0.222 e. The summed E-state index contributed by atoms with van der Waals surface area (Å²) < 4.78 is 24.2. The van der Waals surface area contributed by atoms with Crippen LogP contribution < -0.4 is 9.47 Å². The third-order valence-electron chi connectivity index (χ3n) is 3.85. The molecule has 0 saturated heterocycles. The van der Waals surface area contributed by atoms with Gasteiger partial charge in [0.05, 0.1) is 13.7 Å². The Labute approximate surface area is 148 Å². The Morgan fingerprint density at radius 3 is 2.68 bits per heavy atom. The molecule has 0 aliphatic carbocycles. The standard InChI is InChI=1S/C20H24FNO3/c1-15-6-4-7-17(12-15)25-11-5-8-20(23)22(2)14-16-9-10-19(24-3)18(21)13-16/h4,6-7,9-10,12-13H,5,8,11,14H2,1-3H3. The van der Waals surface area contributed by atoms with Crippen LogP contribution in [0.1, 0.15) is 24.0 Å². The van der Waals surface area contributed by atoms with Crippen molar-refractivity contribution >= 4 is 5.91 Å². The van der Waals surface area contributed by atoms with Crippen molar-refractivity contribution in [3.05, 3.63) is 59.4 Å². The molecule has 5 heteroatoms. The van der Waals surface area contributed by atoms with E-state index in [1.54, 1.807) is 24.1 Å². The number of carbonyl (C=O) groups excluding carboxylic acids is 1. The first-order valence-corrected chi connectivity index (χ1v) is 8.25. The summed E-state index contributed by atoms with van der Waals surface area (Å²) in [4.78, 5) is 13.8. The zero-order valence-corrected chi connectivity index (χ0v) is 14.9. The molecule has 25 heavy (non-hydrogen) atoms. The van der Waals surface area contributed by atoms with Crippen LogP contribution in [0.5, 0.6) is 11.5 Å². The summed E-state index contributed by atoms with van der Waals surface area (Å²) in [5.74, 6) is 0.594. The van der Waals surface area contributed by atoms with E-state index in [1.807, 2.05) is 31.2 Å². The van der Waals surface area contributed by atoms with Gasteiger partial charge in [-0.1, -0.05) is 18.2 Å². The van der Waals surface area contributed by atoms with Crippen LogP contribution in [0.2, 0.25) is 0 Å². The molecule has 0 aliphatic heterocycles. The molecule has 0 atom stereocenters. The Hall–Kier alpha value is -2.56. The normalized spacial score (nSPS) is 10.4.